The van der Waals surface area contributed by atoms with Gasteiger partial charge in [-0.05, 0) is 35.7 Å². The SMILES string of the molecule is CC(=O)Nc1ccc(C)c(N(CCNC(C)C)C(=O)CNCC(=O)N(C)N2Cc3ccccc3C2)c1. The first-order valence-corrected chi connectivity index (χ1v) is 12.4. The van der Waals surface area contributed by atoms with Crippen LogP contribution in [0.15, 0.2) is 42.5 Å². The first-order chi connectivity index (χ1) is 17.2. The van der Waals surface area contributed by atoms with Gasteiger partial charge < -0.3 is 15.5 Å². The lowest BCUT2D eigenvalue weighted by Crippen LogP contribution is -2.47. The molecule has 194 valence electrons. The van der Waals surface area contributed by atoms with Gasteiger partial charge in [-0.15, -0.1) is 0 Å². The molecule has 0 saturated heterocycles. The molecule has 0 bridgehead atoms. The van der Waals surface area contributed by atoms with Crippen molar-refractivity contribution in [2.75, 3.05) is 43.4 Å². The summed E-state index contributed by atoms with van der Waals surface area (Å²) in [6.45, 7) is 10.0. The zero-order valence-electron chi connectivity index (χ0n) is 21.9. The molecule has 1 aliphatic rings. The van der Waals surface area contributed by atoms with Crippen LogP contribution in [0.3, 0.4) is 0 Å². The van der Waals surface area contributed by atoms with Gasteiger partial charge >= 0.3 is 0 Å². The number of hydrogen-bond donors (Lipinski definition) is 3. The molecular weight excluding hydrogens is 456 g/mol. The van der Waals surface area contributed by atoms with Crippen molar-refractivity contribution in [3.05, 3.63) is 59.2 Å². The highest BCUT2D eigenvalue weighted by Crippen LogP contribution is 2.25. The van der Waals surface area contributed by atoms with E-state index in [1.165, 1.54) is 18.1 Å². The van der Waals surface area contributed by atoms with Crippen LogP contribution >= 0.6 is 0 Å². The van der Waals surface area contributed by atoms with Crippen LogP contribution in [0.1, 0.15) is 37.5 Å². The second-order valence-corrected chi connectivity index (χ2v) is 9.45. The highest BCUT2D eigenvalue weighted by Gasteiger charge is 2.25. The van der Waals surface area contributed by atoms with E-state index in [0.717, 1.165) is 11.3 Å². The molecule has 2 aromatic carbocycles. The van der Waals surface area contributed by atoms with E-state index in [1.54, 1.807) is 17.0 Å². The minimum Gasteiger partial charge on any atom is -0.326 e. The Balaban J connectivity index is 1.61. The largest absolute Gasteiger partial charge is 0.326 e. The van der Waals surface area contributed by atoms with E-state index in [0.29, 0.717) is 31.9 Å². The van der Waals surface area contributed by atoms with E-state index >= 15 is 0 Å². The summed E-state index contributed by atoms with van der Waals surface area (Å²) in [6, 6.07) is 14.0. The minimum atomic E-state index is -0.172. The maximum Gasteiger partial charge on any atom is 0.250 e. The van der Waals surface area contributed by atoms with Crippen LogP contribution in [0.25, 0.3) is 0 Å². The molecule has 0 unspecified atom stereocenters. The number of aryl methyl sites for hydroxylation is 1. The van der Waals surface area contributed by atoms with Gasteiger partial charge in [0.05, 0.1) is 13.1 Å². The number of hydrazine groups is 1. The molecule has 0 radical (unpaired) electrons. The van der Waals surface area contributed by atoms with E-state index in [2.05, 4.69) is 41.9 Å². The lowest BCUT2D eigenvalue weighted by atomic mass is 10.1. The average molecular weight is 495 g/mol. The fourth-order valence-corrected chi connectivity index (χ4v) is 4.20. The molecule has 3 N–H and O–H groups in total. The molecule has 0 fully saturated rings. The van der Waals surface area contributed by atoms with Gasteiger partial charge in [0.25, 0.3) is 5.91 Å². The molecule has 0 aromatic heterocycles. The monoisotopic (exact) mass is 494 g/mol. The molecule has 9 nitrogen and oxygen atoms in total. The van der Waals surface area contributed by atoms with Gasteiger partial charge in [-0.1, -0.05) is 44.2 Å². The predicted octanol–water partition coefficient (Wildman–Crippen LogP) is 2.26. The molecule has 3 rings (SSSR count). The number of likely N-dealkylation sites (N-methyl/N-ethyl adjacent to an activating group) is 1. The summed E-state index contributed by atoms with van der Waals surface area (Å²) in [7, 11) is 1.76. The summed E-state index contributed by atoms with van der Waals surface area (Å²) >= 11 is 0. The zero-order valence-corrected chi connectivity index (χ0v) is 21.9. The van der Waals surface area contributed by atoms with Gasteiger partial charge in [0, 0.05) is 57.6 Å². The fraction of sp³-hybridized carbons (Fsp3) is 0.444. The Morgan fingerprint density at radius 1 is 1.00 bits per heavy atom. The van der Waals surface area contributed by atoms with Crippen molar-refractivity contribution in [3.8, 4) is 0 Å². The van der Waals surface area contributed by atoms with Crippen LogP contribution in [-0.4, -0.2) is 67.0 Å². The second-order valence-electron chi connectivity index (χ2n) is 9.45. The summed E-state index contributed by atoms with van der Waals surface area (Å²) in [5.41, 5.74) is 4.74. The van der Waals surface area contributed by atoms with Crippen molar-refractivity contribution in [2.45, 2.75) is 46.8 Å². The first kappa shape index (κ1) is 27.3. The molecular formula is C27H38N6O3. The van der Waals surface area contributed by atoms with E-state index in [1.807, 2.05) is 42.3 Å². The third kappa shape index (κ3) is 7.36. The van der Waals surface area contributed by atoms with E-state index in [-0.39, 0.29) is 36.9 Å². The summed E-state index contributed by atoms with van der Waals surface area (Å²) < 4.78 is 0. The molecule has 0 saturated carbocycles. The third-order valence-corrected chi connectivity index (χ3v) is 6.17. The minimum absolute atomic E-state index is 0.0191. The average Bonchev–Trinajstić information content (AvgIpc) is 3.26. The molecule has 9 heteroatoms. The van der Waals surface area contributed by atoms with Gasteiger partial charge in [-0.3, -0.25) is 24.7 Å². The Morgan fingerprint density at radius 3 is 2.25 bits per heavy atom. The van der Waals surface area contributed by atoms with Gasteiger partial charge in [0.2, 0.25) is 11.8 Å². The number of nitrogens with zero attached hydrogens (tertiary/aromatic N) is 3. The molecule has 2 aromatic rings. The number of benzene rings is 2. The van der Waals surface area contributed by atoms with E-state index in [9.17, 15) is 14.4 Å². The van der Waals surface area contributed by atoms with Crippen LogP contribution < -0.4 is 20.9 Å². The number of anilines is 2. The third-order valence-electron chi connectivity index (χ3n) is 6.17. The highest BCUT2D eigenvalue weighted by atomic mass is 16.2. The molecule has 1 aliphatic heterocycles. The highest BCUT2D eigenvalue weighted by molar-refractivity contribution is 5.97. The van der Waals surface area contributed by atoms with Crippen LogP contribution in [0, 0.1) is 6.92 Å². The molecule has 3 amide bonds. The van der Waals surface area contributed by atoms with E-state index in [4.69, 9.17) is 0 Å². The van der Waals surface area contributed by atoms with Crippen molar-refractivity contribution in [1.29, 1.82) is 0 Å². The van der Waals surface area contributed by atoms with Gasteiger partial charge in [0.1, 0.15) is 0 Å². The van der Waals surface area contributed by atoms with Crippen molar-refractivity contribution in [3.63, 3.8) is 0 Å². The van der Waals surface area contributed by atoms with Crippen LogP contribution in [0.2, 0.25) is 0 Å². The molecule has 0 spiro atoms. The number of hydrogen-bond acceptors (Lipinski definition) is 6. The van der Waals surface area contributed by atoms with Crippen LogP contribution in [0.5, 0.6) is 0 Å². The molecule has 36 heavy (non-hydrogen) atoms. The van der Waals surface area contributed by atoms with Crippen LogP contribution in [0.4, 0.5) is 11.4 Å². The summed E-state index contributed by atoms with van der Waals surface area (Å²) in [6.07, 6.45) is 0. The van der Waals surface area contributed by atoms with E-state index < -0.39 is 0 Å². The maximum absolute atomic E-state index is 13.3. The molecule has 0 aliphatic carbocycles. The van der Waals surface area contributed by atoms with Crippen LogP contribution in [-0.2, 0) is 27.5 Å². The van der Waals surface area contributed by atoms with Gasteiger partial charge in [-0.2, -0.15) is 0 Å². The van der Waals surface area contributed by atoms with Crippen molar-refractivity contribution in [1.82, 2.24) is 20.7 Å². The lowest BCUT2D eigenvalue weighted by molar-refractivity contribution is -0.145. The van der Waals surface area contributed by atoms with Gasteiger partial charge in [-0.25, -0.2) is 5.01 Å². The van der Waals surface area contributed by atoms with Crippen molar-refractivity contribution in [2.24, 2.45) is 0 Å². The second kappa shape index (κ2) is 12.6. The standard InChI is InChI=1S/C27H38N6O3/c1-19(2)29-12-13-33(25-14-24(30-21(4)34)11-10-20(25)3)27(36)16-28-15-26(35)31(5)32-17-22-8-6-7-9-23(22)18-32/h6-11,14,19,28-29H,12-13,15-18H2,1-5H3,(H,30,34). The molecule has 0 atom stereocenters. The molecule has 1 heterocycles. The maximum atomic E-state index is 13.3. The topological polar surface area (TPSA) is 97.0 Å². The number of nitrogens with one attached hydrogen (secondary N) is 3. The van der Waals surface area contributed by atoms with Crippen molar-refractivity contribution >= 4 is 29.1 Å². The Labute approximate surface area is 213 Å². The number of amides is 3. The fourth-order valence-electron chi connectivity index (χ4n) is 4.20. The number of carbonyl (C=O) groups excluding carboxylic acids is 3. The Morgan fingerprint density at radius 2 is 1.64 bits per heavy atom. The summed E-state index contributed by atoms with van der Waals surface area (Å²) in [4.78, 5) is 39.3. The Kier molecular flexibility index (Phi) is 9.58. The number of rotatable bonds is 11. The quantitative estimate of drug-likeness (QED) is 0.444. The normalized spacial score (nSPS) is 12.9. The predicted molar refractivity (Wildman–Crippen MR) is 142 cm³/mol. The zero-order chi connectivity index (χ0) is 26.2. The Hall–Kier alpha value is -3.27. The van der Waals surface area contributed by atoms with Gasteiger partial charge in [0.15, 0.2) is 0 Å². The smallest absolute Gasteiger partial charge is 0.250 e. The van der Waals surface area contributed by atoms with Crippen molar-refractivity contribution < 1.29 is 14.4 Å². The number of fused-ring (bicyclic) bond motifs is 1. The summed E-state index contributed by atoms with van der Waals surface area (Å²) in [5.74, 6) is -0.422. The summed E-state index contributed by atoms with van der Waals surface area (Å²) in [5, 5.41) is 12.8. The number of carbonyl (C=O) groups is 3. The lowest BCUT2D eigenvalue weighted by Gasteiger charge is -2.28. The Bertz CT molecular complexity index is 1060. The first-order valence-electron chi connectivity index (χ1n) is 12.4.